The first kappa shape index (κ1) is 19.3. The molecule has 1 spiro atoms. The zero-order valence-corrected chi connectivity index (χ0v) is 16.2. The van der Waals surface area contributed by atoms with E-state index in [1.165, 1.54) is 36.2 Å². The monoisotopic (exact) mass is 393 g/mol. The van der Waals surface area contributed by atoms with E-state index in [1.807, 2.05) is 0 Å². The van der Waals surface area contributed by atoms with Crippen molar-refractivity contribution >= 4 is 33.4 Å². The van der Waals surface area contributed by atoms with Crippen LogP contribution in [0.15, 0.2) is 29.2 Å². The first-order chi connectivity index (χ1) is 12.6. The summed E-state index contributed by atoms with van der Waals surface area (Å²) >= 11 is 0. The number of likely N-dealkylation sites (N-methyl/N-ethyl adjacent to an activating group) is 1. The second-order valence-corrected chi connectivity index (χ2v) is 9.20. The first-order valence-corrected chi connectivity index (χ1v) is 10.7. The maximum absolute atomic E-state index is 12.7. The first-order valence-electron chi connectivity index (χ1n) is 8.85. The summed E-state index contributed by atoms with van der Waals surface area (Å²) in [5.74, 6) is -0.764. The molecule has 2 fully saturated rings. The molecule has 0 unspecified atom stereocenters. The Hall–Kier alpha value is -2.42. The predicted molar refractivity (Wildman–Crippen MR) is 99.0 cm³/mol. The number of anilines is 1. The molecule has 3 rings (SSSR count). The Morgan fingerprint density at radius 2 is 1.74 bits per heavy atom. The molecule has 1 aliphatic carbocycles. The smallest absolute Gasteiger partial charge is 0.323 e. The van der Waals surface area contributed by atoms with Gasteiger partial charge in [-0.2, -0.15) is 0 Å². The SMILES string of the molecule is CN(C(=O)CN1C(=O)NC2(CCCCC2)C1=O)c1ccc(S(C)(=O)=O)cc1. The van der Waals surface area contributed by atoms with Gasteiger partial charge >= 0.3 is 6.03 Å². The molecule has 0 bridgehead atoms. The molecular formula is C18H23N3O5S. The quantitative estimate of drug-likeness (QED) is 0.777. The Balaban J connectivity index is 1.71. The van der Waals surface area contributed by atoms with Gasteiger partial charge in [-0.25, -0.2) is 13.2 Å². The summed E-state index contributed by atoms with van der Waals surface area (Å²) in [5.41, 5.74) is -0.377. The normalized spacial score (nSPS) is 19.3. The lowest BCUT2D eigenvalue weighted by atomic mass is 9.82. The van der Waals surface area contributed by atoms with Gasteiger partial charge < -0.3 is 10.2 Å². The minimum Gasteiger partial charge on any atom is -0.323 e. The molecule has 1 saturated heterocycles. The van der Waals surface area contributed by atoms with E-state index < -0.39 is 27.3 Å². The van der Waals surface area contributed by atoms with Gasteiger partial charge in [-0.3, -0.25) is 14.5 Å². The summed E-state index contributed by atoms with van der Waals surface area (Å²) in [4.78, 5) is 40.0. The maximum Gasteiger partial charge on any atom is 0.325 e. The van der Waals surface area contributed by atoms with Gasteiger partial charge in [0.2, 0.25) is 5.91 Å². The highest BCUT2D eigenvalue weighted by molar-refractivity contribution is 7.90. The molecule has 0 aromatic heterocycles. The van der Waals surface area contributed by atoms with Gasteiger partial charge in [0.25, 0.3) is 5.91 Å². The summed E-state index contributed by atoms with van der Waals surface area (Å²) in [7, 11) is -1.80. The summed E-state index contributed by atoms with van der Waals surface area (Å²) in [6.45, 7) is -0.350. The van der Waals surface area contributed by atoms with E-state index in [2.05, 4.69) is 5.32 Å². The number of urea groups is 1. The molecule has 2 aliphatic rings. The number of amides is 4. The van der Waals surface area contributed by atoms with Gasteiger partial charge in [0.15, 0.2) is 9.84 Å². The maximum atomic E-state index is 12.7. The lowest BCUT2D eigenvalue weighted by Crippen LogP contribution is -2.49. The Morgan fingerprint density at radius 3 is 2.30 bits per heavy atom. The predicted octanol–water partition coefficient (Wildman–Crippen LogP) is 1.31. The van der Waals surface area contributed by atoms with Crippen molar-refractivity contribution in [2.24, 2.45) is 0 Å². The van der Waals surface area contributed by atoms with Gasteiger partial charge in [-0.15, -0.1) is 0 Å². The highest BCUT2D eigenvalue weighted by Crippen LogP contribution is 2.33. The van der Waals surface area contributed by atoms with Crippen LogP contribution in [0.1, 0.15) is 32.1 Å². The third-order valence-corrected chi connectivity index (χ3v) is 6.40. The van der Waals surface area contributed by atoms with Gasteiger partial charge in [0, 0.05) is 19.0 Å². The van der Waals surface area contributed by atoms with E-state index in [0.717, 1.165) is 30.4 Å². The van der Waals surface area contributed by atoms with Crippen LogP contribution in [0.4, 0.5) is 10.5 Å². The molecule has 8 nitrogen and oxygen atoms in total. The van der Waals surface area contributed by atoms with Crippen molar-refractivity contribution in [1.82, 2.24) is 10.2 Å². The molecule has 146 valence electrons. The van der Waals surface area contributed by atoms with E-state index >= 15 is 0 Å². The van der Waals surface area contributed by atoms with Gasteiger partial charge in [0.05, 0.1) is 4.90 Å². The number of carbonyl (C=O) groups excluding carboxylic acids is 3. The lowest BCUT2D eigenvalue weighted by molar-refractivity contribution is -0.135. The molecule has 1 aromatic carbocycles. The third kappa shape index (κ3) is 3.69. The van der Waals surface area contributed by atoms with Crippen LogP contribution in [0.2, 0.25) is 0 Å². The minimum absolute atomic E-state index is 0.153. The van der Waals surface area contributed by atoms with Crippen LogP contribution in [0.25, 0.3) is 0 Å². The Bertz CT molecular complexity index is 873. The number of nitrogens with one attached hydrogen (secondary N) is 1. The zero-order valence-electron chi connectivity index (χ0n) is 15.4. The van der Waals surface area contributed by atoms with E-state index in [1.54, 1.807) is 0 Å². The Morgan fingerprint density at radius 1 is 1.15 bits per heavy atom. The average Bonchev–Trinajstić information content (AvgIpc) is 2.85. The number of sulfone groups is 1. The average molecular weight is 393 g/mol. The third-order valence-electron chi connectivity index (χ3n) is 5.27. The lowest BCUT2D eigenvalue weighted by Gasteiger charge is -2.30. The van der Waals surface area contributed by atoms with E-state index in [-0.39, 0.29) is 17.3 Å². The summed E-state index contributed by atoms with van der Waals surface area (Å²) in [5, 5.41) is 2.78. The molecule has 1 aliphatic heterocycles. The van der Waals surface area contributed by atoms with Gasteiger partial charge in [-0.1, -0.05) is 19.3 Å². The fourth-order valence-electron chi connectivity index (χ4n) is 3.62. The number of rotatable bonds is 4. The summed E-state index contributed by atoms with van der Waals surface area (Å²) in [6, 6.07) is 5.33. The molecule has 1 heterocycles. The van der Waals surface area contributed by atoms with E-state index in [0.29, 0.717) is 18.5 Å². The highest BCUT2D eigenvalue weighted by Gasteiger charge is 2.51. The molecular weight excluding hydrogens is 370 g/mol. The van der Waals surface area contributed by atoms with E-state index in [4.69, 9.17) is 0 Å². The standard InChI is InChI=1S/C18H23N3O5S/c1-20(13-6-8-14(9-7-13)27(2,25)26)15(22)12-21-16(23)18(19-17(21)24)10-4-3-5-11-18/h6-9H,3-5,10-12H2,1-2H3,(H,19,24). The molecule has 0 atom stereocenters. The van der Waals surface area contributed by atoms with Crippen molar-refractivity contribution in [2.75, 3.05) is 24.7 Å². The van der Waals surface area contributed by atoms with Crippen molar-refractivity contribution in [2.45, 2.75) is 42.5 Å². The Kier molecular flexibility index (Phi) is 4.98. The van der Waals surface area contributed by atoms with Crippen LogP contribution >= 0.6 is 0 Å². The van der Waals surface area contributed by atoms with Crippen LogP contribution in [-0.4, -0.2) is 56.6 Å². The summed E-state index contributed by atoms with van der Waals surface area (Å²) < 4.78 is 23.1. The highest BCUT2D eigenvalue weighted by atomic mass is 32.2. The van der Waals surface area contributed by atoms with Crippen molar-refractivity contribution < 1.29 is 22.8 Å². The van der Waals surface area contributed by atoms with Crippen LogP contribution in [0.3, 0.4) is 0 Å². The molecule has 1 saturated carbocycles. The van der Waals surface area contributed by atoms with Crippen molar-refractivity contribution in [3.05, 3.63) is 24.3 Å². The van der Waals surface area contributed by atoms with Crippen LogP contribution in [-0.2, 0) is 19.4 Å². The fraction of sp³-hybridized carbons (Fsp3) is 0.500. The number of hydrogen-bond donors (Lipinski definition) is 1. The molecule has 0 radical (unpaired) electrons. The fourth-order valence-corrected chi connectivity index (χ4v) is 4.25. The number of benzene rings is 1. The van der Waals surface area contributed by atoms with Crippen LogP contribution < -0.4 is 10.2 Å². The van der Waals surface area contributed by atoms with Crippen molar-refractivity contribution in [3.63, 3.8) is 0 Å². The largest absolute Gasteiger partial charge is 0.325 e. The number of nitrogens with zero attached hydrogens (tertiary/aromatic N) is 2. The topological polar surface area (TPSA) is 104 Å². The molecule has 4 amide bonds. The van der Waals surface area contributed by atoms with Gasteiger partial charge in [-0.05, 0) is 37.1 Å². The molecule has 1 aromatic rings. The van der Waals surface area contributed by atoms with E-state index in [9.17, 15) is 22.8 Å². The van der Waals surface area contributed by atoms with Gasteiger partial charge in [0.1, 0.15) is 12.1 Å². The van der Waals surface area contributed by atoms with Crippen LogP contribution in [0.5, 0.6) is 0 Å². The molecule has 27 heavy (non-hydrogen) atoms. The second kappa shape index (κ2) is 6.95. The second-order valence-electron chi connectivity index (χ2n) is 7.18. The Labute approximate surface area is 158 Å². The number of imide groups is 1. The number of carbonyl (C=O) groups is 3. The zero-order chi connectivity index (χ0) is 19.8. The summed E-state index contributed by atoms with van der Waals surface area (Å²) in [6.07, 6.45) is 5.10. The molecule has 1 N–H and O–H groups in total. The molecule has 9 heteroatoms. The van der Waals surface area contributed by atoms with Crippen molar-refractivity contribution in [3.8, 4) is 0 Å². The van der Waals surface area contributed by atoms with Crippen molar-refractivity contribution in [1.29, 1.82) is 0 Å². The van der Waals surface area contributed by atoms with Crippen LogP contribution in [0, 0.1) is 0 Å². The number of hydrogen-bond acceptors (Lipinski definition) is 5. The minimum atomic E-state index is -3.32.